The molecule has 0 spiro atoms. The molecule has 0 fully saturated rings. The van der Waals surface area contributed by atoms with Gasteiger partial charge in [-0.25, -0.2) is 0 Å². The summed E-state index contributed by atoms with van der Waals surface area (Å²) >= 11 is 0. The van der Waals surface area contributed by atoms with Crippen molar-refractivity contribution in [2.45, 2.75) is 32.2 Å². The molecule has 25 heavy (non-hydrogen) atoms. The van der Waals surface area contributed by atoms with E-state index in [0.29, 0.717) is 6.54 Å². The molecule has 0 aliphatic carbocycles. The number of methoxy groups -OCH3 is 1. The first kappa shape index (κ1) is 19.0. The van der Waals surface area contributed by atoms with Gasteiger partial charge in [0, 0.05) is 18.0 Å². The van der Waals surface area contributed by atoms with Crippen LogP contribution in [0.4, 0.5) is 0 Å². The monoisotopic (exact) mass is 340 g/mol. The van der Waals surface area contributed by atoms with Crippen molar-refractivity contribution in [1.29, 1.82) is 0 Å². The molecule has 2 rings (SSSR count). The van der Waals surface area contributed by atoms with E-state index in [4.69, 9.17) is 10.5 Å². The highest BCUT2D eigenvalue weighted by Crippen LogP contribution is 2.25. The number of nitrogens with two attached hydrogens (primary N) is 1. The van der Waals surface area contributed by atoms with Crippen LogP contribution in [0.3, 0.4) is 0 Å². The molecular weight excluding hydrogens is 312 g/mol. The van der Waals surface area contributed by atoms with E-state index < -0.39 is 0 Å². The van der Waals surface area contributed by atoms with Crippen LogP contribution in [0.25, 0.3) is 0 Å². The molecule has 0 heterocycles. The lowest BCUT2D eigenvalue weighted by atomic mass is 9.84. The fraction of sp³-hybridized carbons (Fsp3) is 0.381. The minimum Gasteiger partial charge on any atom is -0.497 e. The minimum absolute atomic E-state index is 0.0297. The second-order valence-electron chi connectivity index (χ2n) is 7.06. The zero-order valence-corrected chi connectivity index (χ0v) is 15.5. The van der Waals surface area contributed by atoms with Crippen molar-refractivity contribution in [1.82, 2.24) is 5.32 Å². The number of ether oxygens (including phenoxy) is 1. The summed E-state index contributed by atoms with van der Waals surface area (Å²) in [6.07, 6.45) is 0. The molecule has 2 aromatic carbocycles. The molecule has 134 valence electrons. The molecule has 0 saturated carbocycles. The molecule has 0 saturated heterocycles. The standard InChI is InChI=1S/C21H28N2O2/c1-15(19(22)16-8-6-5-7-9-16)20(24)23-14-21(2,3)17-10-12-18(25-4)13-11-17/h5-13,15,19H,14,22H2,1-4H3,(H,23,24). The van der Waals surface area contributed by atoms with Crippen LogP contribution in [0.1, 0.15) is 37.9 Å². The van der Waals surface area contributed by atoms with Gasteiger partial charge in [-0.05, 0) is 23.3 Å². The lowest BCUT2D eigenvalue weighted by Gasteiger charge is -2.27. The van der Waals surface area contributed by atoms with Crippen molar-refractivity contribution in [3.05, 3.63) is 65.7 Å². The number of hydrogen-bond donors (Lipinski definition) is 2. The Labute approximate surface area is 150 Å². The number of carbonyl (C=O) groups excluding carboxylic acids is 1. The lowest BCUT2D eigenvalue weighted by molar-refractivity contribution is -0.125. The van der Waals surface area contributed by atoms with Crippen molar-refractivity contribution in [2.24, 2.45) is 11.7 Å². The number of carbonyl (C=O) groups is 1. The van der Waals surface area contributed by atoms with Crippen molar-refractivity contribution < 1.29 is 9.53 Å². The van der Waals surface area contributed by atoms with Gasteiger partial charge in [-0.15, -0.1) is 0 Å². The normalized spacial score (nSPS) is 13.8. The maximum atomic E-state index is 12.5. The van der Waals surface area contributed by atoms with E-state index in [-0.39, 0.29) is 23.3 Å². The summed E-state index contributed by atoms with van der Waals surface area (Å²) in [5.74, 6) is 0.498. The maximum absolute atomic E-state index is 12.5. The van der Waals surface area contributed by atoms with Crippen LogP contribution < -0.4 is 15.8 Å². The number of hydrogen-bond acceptors (Lipinski definition) is 3. The number of amides is 1. The van der Waals surface area contributed by atoms with Gasteiger partial charge in [0.25, 0.3) is 0 Å². The van der Waals surface area contributed by atoms with Gasteiger partial charge >= 0.3 is 0 Å². The highest BCUT2D eigenvalue weighted by atomic mass is 16.5. The van der Waals surface area contributed by atoms with Crippen molar-refractivity contribution in [2.75, 3.05) is 13.7 Å². The van der Waals surface area contributed by atoms with E-state index in [1.54, 1.807) is 7.11 Å². The van der Waals surface area contributed by atoms with Gasteiger partial charge in [-0.1, -0.05) is 63.2 Å². The number of nitrogens with one attached hydrogen (secondary N) is 1. The minimum atomic E-state index is -0.315. The molecule has 2 atom stereocenters. The number of benzene rings is 2. The fourth-order valence-corrected chi connectivity index (χ4v) is 2.74. The molecule has 2 unspecified atom stereocenters. The first-order valence-electron chi connectivity index (χ1n) is 8.58. The molecule has 0 radical (unpaired) electrons. The molecule has 0 aliphatic rings. The summed E-state index contributed by atoms with van der Waals surface area (Å²) in [6.45, 7) is 6.63. The summed E-state index contributed by atoms with van der Waals surface area (Å²) in [5.41, 5.74) is 8.18. The van der Waals surface area contributed by atoms with E-state index in [1.807, 2.05) is 61.5 Å². The van der Waals surface area contributed by atoms with Gasteiger partial charge in [-0.3, -0.25) is 4.79 Å². The van der Waals surface area contributed by atoms with Crippen molar-refractivity contribution in [3.8, 4) is 5.75 Å². The molecule has 1 amide bonds. The molecule has 0 aliphatic heterocycles. The first-order valence-corrected chi connectivity index (χ1v) is 8.58. The second-order valence-corrected chi connectivity index (χ2v) is 7.06. The smallest absolute Gasteiger partial charge is 0.224 e. The Morgan fingerprint density at radius 3 is 2.28 bits per heavy atom. The Balaban J connectivity index is 1.97. The second kappa shape index (κ2) is 8.17. The van der Waals surface area contributed by atoms with Crippen LogP contribution in [0, 0.1) is 5.92 Å². The van der Waals surface area contributed by atoms with E-state index in [2.05, 4.69) is 19.2 Å². The SMILES string of the molecule is COc1ccc(C(C)(C)CNC(=O)C(C)C(N)c2ccccc2)cc1. The Bertz CT molecular complexity index is 681. The average Bonchev–Trinajstić information content (AvgIpc) is 2.65. The molecule has 2 aromatic rings. The maximum Gasteiger partial charge on any atom is 0.224 e. The summed E-state index contributed by atoms with van der Waals surface area (Å²) in [7, 11) is 1.65. The van der Waals surface area contributed by atoms with Crippen LogP contribution in [0.15, 0.2) is 54.6 Å². The van der Waals surface area contributed by atoms with Gasteiger partial charge in [0.15, 0.2) is 0 Å². The molecule has 0 aromatic heterocycles. The van der Waals surface area contributed by atoms with Gasteiger partial charge < -0.3 is 15.8 Å². The van der Waals surface area contributed by atoms with Crippen molar-refractivity contribution >= 4 is 5.91 Å². The van der Waals surface area contributed by atoms with E-state index in [0.717, 1.165) is 16.9 Å². The summed E-state index contributed by atoms with van der Waals surface area (Å²) in [6, 6.07) is 17.3. The van der Waals surface area contributed by atoms with Crippen LogP contribution in [0.5, 0.6) is 5.75 Å². The van der Waals surface area contributed by atoms with Gasteiger partial charge in [0.1, 0.15) is 5.75 Å². The lowest BCUT2D eigenvalue weighted by Crippen LogP contribution is -2.41. The van der Waals surface area contributed by atoms with Crippen LogP contribution >= 0.6 is 0 Å². The Morgan fingerprint density at radius 1 is 1.12 bits per heavy atom. The predicted molar refractivity (Wildman–Crippen MR) is 102 cm³/mol. The Morgan fingerprint density at radius 2 is 1.72 bits per heavy atom. The quantitative estimate of drug-likeness (QED) is 0.812. The van der Waals surface area contributed by atoms with Crippen LogP contribution in [0.2, 0.25) is 0 Å². The van der Waals surface area contributed by atoms with Crippen LogP contribution in [-0.4, -0.2) is 19.6 Å². The summed E-state index contributed by atoms with van der Waals surface area (Å²) in [4.78, 5) is 12.5. The fourth-order valence-electron chi connectivity index (χ4n) is 2.74. The zero-order valence-electron chi connectivity index (χ0n) is 15.5. The Kier molecular flexibility index (Phi) is 6.21. The Hall–Kier alpha value is -2.33. The van der Waals surface area contributed by atoms with E-state index in [1.165, 1.54) is 0 Å². The van der Waals surface area contributed by atoms with Gasteiger partial charge in [0.2, 0.25) is 5.91 Å². The third kappa shape index (κ3) is 4.83. The van der Waals surface area contributed by atoms with Crippen LogP contribution in [-0.2, 0) is 10.2 Å². The largest absolute Gasteiger partial charge is 0.497 e. The average molecular weight is 340 g/mol. The molecule has 4 heteroatoms. The zero-order chi connectivity index (χ0) is 18.4. The van der Waals surface area contributed by atoms with E-state index >= 15 is 0 Å². The third-order valence-electron chi connectivity index (χ3n) is 4.71. The van der Waals surface area contributed by atoms with Crippen molar-refractivity contribution in [3.63, 3.8) is 0 Å². The highest BCUT2D eigenvalue weighted by Gasteiger charge is 2.26. The third-order valence-corrected chi connectivity index (χ3v) is 4.71. The topological polar surface area (TPSA) is 64.3 Å². The summed E-state index contributed by atoms with van der Waals surface area (Å²) < 4.78 is 5.20. The van der Waals surface area contributed by atoms with Gasteiger partial charge in [0.05, 0.1) is 13.0 Å². The predicted octanol–water partition coefficient (Wildman–Crippen LogP) is 3.43. The summed E-state index contributed by atoms with van der Waals surface area (Å²) in [5, 5.41) is 3.05. The molecule has 4 nitrogen and oxygen atoms in total. The van der Waals surface area contributed by atoms with E-state index in [9.17, 15) is 4.79 Å². The number of rotatable bonds is 7. The molecule has 3 N–H and O–H groups in total. The highest BCUT2D eigenvalue weighted by molar-refractivity contribution is 5.79. The van der Waals surface area contributed by atoms with Gasteiger partial charge in [-0.2, -0.15) is 0 Å². The first-order chi connectivity index (χ1) is 11.8. The molecular formula is C21H28N2O2. The molecule has 0 bridgehead atoms.